The van der Waals surface area contributed by atoms with Crippen molar-refractivity contribution in [2.75, 3.05) is 0 Å². The van der Waals surface area contributed by atoms with Gasteiger partial charge in [0.25, 0.3) is 0 Å². The Bertz CT molecular complexity index is 98.5. The predicted octanol–water partition coefficient (Wildman–Crippen LogP) is 1.20. The SMILES string of the molecule is CCCCC(O)NC(O)CCC. The average Bonchev–Trinajstić information content (AvgIpc) is 2.01. The van der Waals surface area contributed by atoms with Crippen LogP contribution in [-0.4, -0.2) is 22.7 Å². The molecule has 3 heteroatoms. The summed E-state index contributed by atoms with van der Waals surface area (Å²) in [4.78, 5) is 0. The first-order chi connectivity index (χ1) is 5.70. The van der Waals surface area contributed by atoms with Crippen molar-refractivity contribution in [3.63, 3.8) is 0 Å². The topological polar surface area (TPSA) is 52.5 Å². The molecule has 0 aliphatic carbocycles. The molecule has 0 aliphatic heterocycles. The number of aliphatic hydroxyl groups is 2. The van der Waals surface area contributed by atoms with Crippen LogP contribution in [-0.2, 0) is 0 Å². The molecule has 0 amide bonds. The lowest BCUT2D eigenvalue weighted by atomic mass is 10.2. The zero-order valence-electron chi connectivity index (χ0n) is 8.08. The Hall–Kier alpha value is -0.120. The van der Waals surface area contributed by atoms with Gasteiger partial charge >= 0.3 is 0 Å². The molecule has 0 heterocycles. The van der Waals surface area contributed by atoms with Gasteiger partial charge < -0.3 is 10.2 Å². The van der Waals surface area contributed by atoms with Gasteiger partial charge in [-0.3, -0.25) is 5.32 Å². The van der Waals surface area contributed by atoms with Gasteiger partial charge in [0, 0.05) is 0 Å². The van der Waals surface area contributed by atoms with Crippen LogP contribution >= 0.6 is 0 Å². The molecule has 0 aliphatic rings. The van der Waals surface area contributed by atoms with E-state index in [2.05, 4.69) is 12.2 Å². The Balaban J connectivity index is 3.33. The molecule has 3 nitrogen and oxygen atoms in total. The minimum Gasteiger partial charge on any atom is -0.379 e. The molecule has 2 atom stereocenters. The van der Waals surface area contributed by atoms with Gasteiger partial charge in [-0.1, -0.05) is 26.7 Å². The van der Waals surface area contributed by atoms with Gasteiger partial charge in [0.1, 0.15) is 12.5 Å². The van der Waals surface area contributed by atoms with Crippen LogP contribution < -0.4 is 5.32 Å². The lowest BCUT2D eigenvalue weighted by Crippen LogP contribution is -2.37. The quantitative estimate of drug-likeness (QED) is 0.510. The highest BCUT2D eigenvalue weighted by atomic mass is 16.3. The van der Waals surface area contributed by atoms with Crippen molar-refractivity contribution in [3.05, 3.63) is 0 Å². The zero-order valence-corrected chi connectivity index (χ0v) is 8.08. The number of hydrogen-bond acceptors (Lipinski definition) is 3. The second kappa shape index (κ2) is 7.53. The van der Waals surface area contributed by atoms with Crippen molar-refractivity contribution in [1.29, 1.82) is 0 Å². The van der Waals surface area contributed by atoms with Crippen LogP contribution in [0.2, 0.25) is 0 Å². The number of rotatable bonds is 7. The smallest absolute Gasteiger partial charge is 0.106 e. The van der Waals surface area contributed by atoms with Crippen molar-refractivity contribution in [1.82, 2.24) is 5.32 Å². The third-order valence-corrected chi connectivity index (χ3v) is 1.78. The molecular formula is C9H21NO2. The van der Waals surface area contributed by atoms with Crippen LogP contribution in [0.15, 0.2) is 0 Å². The van der Waals surface area contributed by atoms with E-state index >= 15 is 0 Å². The fourth-order valence-electron chi connectivity index (χ4n) is 1.06. The van der Waals surface area contributed by atoms with Gasteiger partial charge in [-0.2, -0.15) is 0 Å². The van der Waals surface area contributed by atoms with E-state index in [0.29, 0.717) is 6.42 Å². The standard InChI is InChI=1S/C9H21NO2/c1-3-5-7-9(12)10-8(11)6-4-2/h8-12H,3-7H2,1-2H3. The Morgan fingerprint density at radius 2 is 1.58 bits per heavy atom. The van der Waals surface area contributed by atoms with Gasteiger partial charge in [-0.15, -0.1) is 0 Å². The van der Waals surface area contributed by atoms with Gasteiger partial charge in [-0.05, 0) is 19.3 Å². The monoisotopic (exact) mass is 175 g/mol. The fraction of sp³-hybridized carbons (Fsp3) is 1.00. The zero-order chi connectivity index (χ0) is 9.40. The highest BCUT2D eigenvalue weighted by Crippen LogP contribution is 2.00. The van der Waals surface area contributed by atoms with Crippen LogP contribution in [0, 0.1) is 0 Å². The molecule has 0 aromatic carbocycles. The summed E-state index contributed by atoms with van der Waals surface area (Å²) in [6, 6.07) is 0. The summed E-state index contributed by atoms with van der Waals surface area (Å²) in [5, 5.41) is 21.3. The van der Waals surface area contributed by atoms with E-state index < -0.39 is 12.5 Å². The maximum Gasteiger partial charge on any atom is 0.106 e. The normalized spacial score (nSPS) is 16.0. The molecule has 0 saturated carbocycles. The van der Waals surface area contributed by atoms with Crippen LogP contribution in [0.3, 0.4) is 0 Å². The predicted molar refractivity (Wildman–Crippen MR) is 49.6 cm³/mol. The average molecular weight is 175 g/mol. The molecule has 0 spiro atoms. The first kappa shape index (κ1) is 11.9. The molecule has 0 aromatic heterocycles. The number of nitrogens with one attached hydrogen (secondary N) is 1. The van der Waals surface area contributed by atoms with Crippen LogP contribution in [0.1, 0.15) is 46.0 Å². The largest absolute Gasteiger partial charge is 0.379 e. The fourth-order valence-corrected chi connectivity index (χ4v) is 1.06. The molecule has 0 bridgehead atoms. The van der Waals surface area contributed by atoms with Crippen molar-refractivity contribution < 1.29 is 10.2 Å². The van der Waals surface area contributed by atoms with E-state index in [1.807, 2.05) is 6.92 Å². The Labute approximate surface area is 74.8 Å². The number of aliphatic hydroxyl groups excluding tert-OH is 2. The van der Waals surface area contributed by atoms with E-state index in [4.69, 9.17) is 0 Å². The van der Waals surface area contributed by atoms with Gasteiger partial charge in [0.15, 0.2) is 0 Å². The van der Waals surface area contributed by atoms with Crippen LogP contribution in [0.5, 0.6) is 0 Å². The molecule has 2 unspecified atom stereocenters. The highest BCUT2D eigenvalue weighted by Gasteiger charge is 2.07. The summed E-state index contributed by atoms with van der Waals surface area (Å²) in [5.74, 6) is 0. The molecule has 74 valence electrons. The van der Waals surface area contributed by atoms with E-state index in [1.165, 1.54) is 0 Å². The van der Waals surface area contributed by atoms with Gasteiger partial charge in [-0.25, -0.2) is 0 Å². The summed E-state index contributed by atoms with van der Waals surface area (Å²) in [6.45, 7) is 4.08. The second-order valence-corrected chi connectivity index (χ2v) is 3.13. The van der Waals surface area contributed by atoms with Crippen molar-refractivity contribution in [2.45, 2.75) is 58.4 Å². The number of hydrogen-bond donors (Lipinski definition) is 3. The third kappa shape index (κ3) is 6.58. The van der Waals surface area contributed by atoms with Crippen LogP contribution in [0.4, 0.5) is 0 Å². The summed E-state index contributed by atoms with van der Waals surface area (Å²) in [6.07, 6.45) is 3.30. The first-order valence-corrected chi connectivity index (χ1v) is 4.82. The maximum absolute atomic E-state index is 9.31. The van der Waals surface area contributed by atoms with E-state index in [0.717, 1.165) is 25.7 Å². The lowest BCUT2D eigenvalue weighted by Gasteiger charge is -2.17. The summed E-state index contributed by atoms with van der Waals surface area (Å²) >= 11 is 0. The Morgan fingerprint density at radius 1 is 1.00 bits per heavy atom. The molecule has 0 aromatic rings. The van der Waals surface area contributed by atoms with Crippen LogP contribution in [0.25, 0.3) is 0 Å². The molecule has 0 fully saturated rings. The first-order valence-electron chi connectivity index (χ1n) is 4.82. The minimum absolute atomic E-state index is 0.550. The maximum atomic E-state index is 9.31. The molecule has 0 rings (SSSR count). The summed E-state index contributed by atoms with van der Waals surface area (Å²) < 4.78 is 0. The number of unbranched alkanes of at least 4 members (excludes halogenated alkanes) is 1. The highest BCUT2D eigenvalue weighted by molar-refractivity contribution is 4.57. The minimum atomic E-state index is -0.554. The molecular weight excluding hydrogens is 154 g/mol. The molecule has 0 saturated heterocycles. The molecule has 3 N–H and O–H groups in total. The molecule has 0 radical (unpaired) electrons. The van der Waals surface area contributed by atoms with Crippen molar-refractivity contribution >= 4 is 0 Å². The summed E-state index contributed by atoms with van der Waals surface area (Å²) in [7, 11) is 0. The van der Waals surface area contributed by atoms with Gasteiger partial charge in [0.2, 0.25) is 0 Å². The van der Waals surface area contributed by atoms with Gasteiger partial charge in [0.05, 0.1) is 0 Å². The van der Waals surface area contributed by atoms with E-state index in [1.54, 1.807) is 0 Å². The Kier molecular flexibility index (Phi) is 7.45. The van der Waals surface area contributed by atoms with E-state index in [-0.39, 0.29) is 0 Å². The lowest BCUT2D eigenvalue weighted by molar-refractivity contribution is 0.0322. The van der Waals surface area contributed by atoms with E-state index in [9.17, 15) is 10.2 Å². The van der Waals surface area contributed by atoms with Crippen molar-refractivity contribution in [3.8, 4) is 0 Å². The van der Waals surface area contributed by atoms with Crippen molar-refractivity contribution in [2.24, 2.45) is 0 Å². The molecule has 12 heavy (non-hydrogen) atoms. The summed E-state index contributed by atoms with van der Waals surface area (Å²) in [5.41, 5.74) is 0. The third-order valence-electron chi connectivity index (χ3n) is 1.78. The Morgan fingerprint density at radius 3 is 2.08 bits per heavy atom. The second-order valence-electron chi connectivity index (χ2n) is 3.13.